The Bertz CT molecular complexity index is 541. The predicted octanol–water partition coefficient (Wildman–Crippen LogP) is 1.12. The molecule has 0 atom stereocenters. The van der Waals surface area contributed by atoms with Crippen LogP contribution in [0.1, 0.15) is 17.5 Å². The minimum absolute atomic E-state index is 0.0178. The Labute approximate surface area is 121 Å². The third kappa shape index (κ3) is 4.41. The van der Waals surface area contributed by atoms with Crippen molar-refractivity contribution in [2.24, 2.45) is 0 Å². The second-order valence-electron chi connectivity index (χ2n) is 4.71. The molecule has 3 nitrogen and oxygen atoms in total. The first kappa shape index (κ1) is 15.2. The molecule has 1 aliphatic rings. The molecule has 0 spiro atoms. The molecule has 0 aromatic heterocycles. The summed E-state index contributed by atoms with van der Waals surface area (Å²) in [6.45, 7) is 2.07. The van der Waals surface area contributed by atoms with Crippen molar-refractivity contribution < 1.29 is 13.7 Å². The highest BCUT2D eigenvalue weighted by Crippen LogP contribution is 2.14. The molecule has 1 saturated heterocycles. The van der Waals surface area contributed by atoms with Gasteiger partial charge in [-0.3, -0.25) is 9.11 Å². The number of nitrogens with zero attached hydrogens (tertiary/aromatic N) is 1. The van der Waals surface area contributed by atoms with Crippen LogP contribution in [0.2, 0.25) is 0 Å². The van der Waals surface area contributed by atoms with Gasteiger partial charge in [0.2, 0.25) is 0 Å². The second-order valence-corrected chi connectivity index (χ2v) is 6.40. The van der Waals surface area contributed by atoms with Gasteiger partial charge < -0.3 is 5.11 Å². The largest absolute Gasteiger partial charge is 0.395 e. The van der Waals surface area contributed by atoms with E-state index < -0.39 is 10.8 Å². The van der Waals surface area contributed by atoms with Crippen molar-refractivity contribution in [1.29, 1.82) is 0 Å². The van der Waals surface area contributed by atoms with Crippen LogP contribution in [0.25, 0.3) is 0 Å². The summed E-state index contributed by atoms with van der Waals surface area (Å²) in [5.41, 5.74) is 1.27. The summed E-state index contributed by atoms with van der Waals surface area (Å²) in [5.74, 6) is 6.68. The Balaban J connectivity index is 1.99. The van der Waals surface area contributed by atoms with Crippen molar-refractivity contribution >= 4 is 10.8 Å². The Morgan fingerprint density at radius 2 is 2.10 bits per heavy atom. The number of hydrogen-bond acceptors (Lipinski definition) is 3. The summed E-state index contributed by atoms with van der Waals surface area (Å²) < 4.78 is 25.3. The van der Waals surface area contributed by atoms with Crippen LogP contribution in [0.4, 0.5) is 4.39 Å². The van der Waals surface area contributed by atoms with E-state index in [9.17, 15) is 8.60 Å². The maximum Gasteiger partial charge on any atom is 0.128 e. The highest BCUT2D eigenvalue weighted by molar-refractivity contribution is 7.85. The van der Waals surface area contributed by atoms with E-state index in [2.05, 4.69) is 16.7 Å². The molecule has 0 amide bonds. The first-order valence-corrected chi connectivity index (χ1v) is 8.13. The van der Waals surface area contributed by atoms with Crippen LogP contribution in [0.15, 0.2) is 18.2 Å². The molecule has 0 radical (unpaired) electrons. The van der Waals surface area contributed by atoms with Gasteiger partial charge in [-0.25, -0.2) is 4.39 Å². The van der Waals surface area contributed by atoms with Gasteiger partial charge >= 0.3 is 0 Å². The van der Waals surface area contributed by atoms with Crippen LogP contribution in [0, 0.1) is 17.7 Å². The third-order valence-electron chi connectivity index (χ3n) is 3.19. The lowest BCUT2D eigenvalue weighted by Gasteiger charge is -2.26. The monoisotopic (exact) mass is 295 g/mol. The molecule has 0 aliphatic carbocycles. The van der Waals surface area contributed by atoms with Gasteiger partial charge in [0, 0.05) is 59.5 Å². The number of halogens is 1. The average molecular weight is 295 g/mol. The van der Waals surface area contributed by atoms with E-state index in [0.717, 1.165) is 13.1 Å². The molecule has 0 saturated carbocycles. The standard InChI is InChI=1S/C15H18FNO2S/c16-15-11-13(3-1-2-8-18)4-5-14(15)12-17-6-9-20(19)10-7-17/h4-5,11,18H,2,6-10,12H2. The SMILES string of the molecule is O=S1CCN(Cc2ccc(C#CCCO)cc2F)CC1. The van der Waals surface area contributed by atoms with Crippen molar-refractivity contribution in [1.82, 2.24) is 4.90 Å². The summed E-state index contributed by atoms with van der Waals surface area (Å²) in [6.07, 6.45) is 0.397. The molecule has 1 heterocycles. The summed E-state index contributed by atoms with van der Waals surface area (Å²) >= 11 is 0. The number of aliphatic hydroxyl groups excluding tert-OH is 1. The molecule has 0 bridgehead atoms. The van der Waals surface area contributed by atoms with Crippen molar-refractivity contribution in [2.75, 3.05) is 31.2 Å². The first-order chi connectivity index (χ1) is 9.69. The Kier molecular flexibility index (Phi) is 5.72. The zero-order valence-electron chi connectivity index (χ0n) is 11.3. The lowest BCUT2D eigenvalue weighted by molar-refractivity contribution is 0.287. The summed E-state index contributed by atoms with van der Waals surface area (Å²) in [4.78, 5) is 2.12. The zero-order valence-corrected chi connectivity index (χ0v) is 12.1. The molecule has 5 heteroatoms. The molecule has 1 aromatic carbocycles. The molecule has 1 N–H and O–H groups in total. The zero-order chi connectivity index (χ0) is 14.4. The van der Waals surface area contributed by atoms with Gasteiger partial charge in [0.05, 0.1) is 6.61 Å². The number of rotatable bonds is 3. The van der Waals surface area contributed by atoms with E-state index in [1.165, 1.54) is 6.07 Å². The molecule has 1 aromatic rings. The van der Waals surface area contributed by atoms with Crippen molar-refractivity contribution in [2.45, 2.75) is 13.0 Å². The van der Waals surface area contributed by atoms with Gasteiger partial charge in [-0.1, -0.05) is 17.9 Å². The lowest BCUT2D eigenvalue weighted by Crippen LogP contribution is -2.37. The normalized spacial score (nSPS) is 16.7. The predicted molar refractivity (Wildman–Crippen MR) is 78.1 cm³/mol. The van der Waals surface area contributed by atoms with Crippen LogP contribution in [-0.4, -0.2) is 45.4 Å². The van der Waals surface area contributed by atoms with Crippen LogP contribution in [0.5, 0.6) is 0 Å². The molecule has 1 fully saturated rings. The molecule has 0 unspecified atom stereocenters. The van der Waals surface area contributed by atoms with Crippen molar-refractivity contribution in [3.63, 3.8) is 0 Å². The fraction of sp³-hybridized carbons (Fsp3) is 0.467. The average Bonchev–Trinajstić information content (AvgIpc) is 2.44. The second kappa shape index (κ2) is 7.53. The summed E-state index contributed by atoms with van der Waals surface area (Å²) in [7, 11) is -0.707. The maximum atomic E-state index is 14.0. The fourth-order valence-electron chi connectivity index (χ4n) is 2.05. The minimum atomic E-state index is -0.707. The molecule has 2 rings (SSSR count). The fourth-order valence-corrected chi connectivity index (χ4v) is 3.18. The smallest absolute Gasteiger partial charge is 0.128 e. The molecule has 20 heavy (non-hydrogen) atoms. The Morgan fingerprint density at radius 1 is 1.35 bits per heavy atom. The van der Waals surface area contributed by atoms with Gasteiger partial charge in [-0.2, -0.15) is 0 Å². The van der Waals surface area contributed by atoms with Crippen LogP contribution < -0.4 is 0 Å². The molecule has 108 valence electrons. The number of hydrogen-bond donors (Lipinski definition) is 1. The highest BCUT2D eigenvalue weighted by atomic mass is 32.2. The summed E-state index contributed by atoms with van der Waals surface area (Å²) in [6, 6.07) is 4.98. The maximum absolute atomic E-state index is 14.0. The van der Waals surface area contributed by atoms with E-state index in [1.54, 1.807) is 12.1 Å². The van der Waals surface area contributed by atoms with E-state index in [4.69, 9.17) is 5.11 Å². The van der Waals surface area contributed by atoms with Crippen LogP contribution in [-0.2, 0) is 17.3 Å². The molecular weight excluding hydrogens is 277 g/mol. The molecule has 1 aliphatic heterocycles. The minimum Gasteiger partial charge on any atom is -0.395 e. The number of benzene rings is 1. The van der Waals surface area contributed by atoms with Crippen LogP contribution >= 0.6 is 0 Å². The molecular formula is C15H18FNO2S. The topological polar surface area (TPSA) is 40.5 Å². The number of aliphatic hydroxyl groups is 1. The first-order valence-electron chi connectivity index (χ1n) is 6.64. The van der Waals surface area contributed by atoms with Gasteiger partial charge in [-0.15, -0.1) is 0 Å². The van der Waals surface area contributed by atoms with Crippen molar-refractivity contribution in [3.8, 4) is 11.8 Å². The van der Waals surface area contributed by atoms with Gasteiger partial charge in [0.1, 0.15) is 5.82 Å². The van der Waals surface area contributed by atoms with E-state index in [1.807, 2.05) is 0 Å². The van der Waals surface area contributed by atoms with Gasteiger partial charge in [0.25, 0.3) is 0 Å². The summed E-state index contributed by atoms with van der Waals surface area (Å²) in [5, 5.41) is 8.64. The lowest BCUT2D eigenvalue weighted by atomic mass is 10.1. The van der Waals surface area contributed by atoms with E-state index in [0.29, 0.717) is 35.6 Å². The van der Waals surface area contributed by atoms with Gasteiger partial charge in [-0.05, 0) is 12.1 Å². The third-order valence-corrected chi connectivity index (χ3v) is 4.46. The Morgan fingerprint density at radius 3 is 2.75 bits per heavy atom. The van der Waals surface area contributed by atoms with Crippen molar-refractivity contribution in [3.05, 3.63) is 35.1 Å². The Hall–Kier alpha value is -1.22. The quantitative estimate of drug-likeness (QED) is 0.850. The van der Waals surface area contributed by atoms with Crippen LogP contribution in [0.3, 0.4) is 0 Å². The van der Waals surface area contributed by atoms with E-state index in [-0.39, 0.29) is 12.4 Å². The highest BCUT2D eigenvalue weighted by Gasteiger charge is 2.16. The van der Waals surface area contributed by atoms with Gasteiger partial charge in [0.15, 0.2) is 0 Å². The van der Waals surface area contributed by atoms with E-state index >= 15 is 0 Å².